The molecule has 1 atom stereocenters. The Bertz CT molecular complexity index is 542. The number of hydrogen-bond donors (Lipinski definition) is 1. The van der Waals surface area contributed by atoms with E-state index in [-0.39, 0.29) is 17.7 Å². The standard InChI is InChI=1S/C14H15ClN2O2/c1-3-9-6-13(18)17(8-9)10-4-5-11(12(15)7-10)14(19)16-2/h3-5,7,9H,1,6,8H2,2H3,(H,16,19). The van der Waals surface area contributed by atoms with Crippen LogP contribution in [0.4, 0.5) is 5.69 Å². The van der Waals surface area contributed by atoms with Gasteiger partial charge in [0.25, 0.3) is 5.91 Å². The van der Waals surface area contributed by atoms with Gasteiger partial charge in [-0.15, -0.1) is 6.58 Å². The van der Waals surface area contributed by atoms with Gasteiger partial charge in [-0.1, -0.05) is 17.7 Å². The molecule has 2 amide bonds. The summed E-state index contributed by atoms with van der Waals surface area (Å²) in [6.45, 7) is 4.32. The van der Waals surface area contributed by atoms with Gasteiger partial charge in [0.1, 0.15) is 0 Å². The van der Waals surface area contributed by atoms with Crippen LogP contribution in [-0.4, -0.2) is 25.4 Å². The van der Waals surface area contributed by atoms with E-state index in [1.165, 1.54) is 0 Å². The van der Waals surface area contributed by atoms with Gasteiger partial charge in [-0.2, -0.15) is 0 Å². The van der Waals surface area contributed by atoms with Gasteiger partial charge in [-0.3, -0.25) is 9.59 Å². The van der Waals surface area contributed by atoms with Crippen LogP contribution in [-0.2, 0) is 4.79 Å². The highest BCUT2D eigenvalue weighted by molar-refractivity contribution is 6.34. The van der Waals surface area contributed by atoms with Crippen LogP contribution in [0.2, 0.25) is 5.02 Å². The molecule has 1 aromatic carbocycles. The maximum Gasteiger partial charge on any atom is 0.252 e. The summed E-state index contributed by atoms with van der Waals surface area (Å²) in [7, 11) is 1.55. The minimum absolute atomic E-state index is 0.0497. The zero-order valence-corrected chi connectivity index (χ0v) is 11.4. The van der Waals surface area contributed by atoms with Crippen LogP contribution in [0.25, 0.3) is 0 Å². The van der Waals surface area contributed by atoms with Crippen LogP contribution in [0.5, 0.6) is 0 Å². The molecule has 0 spiro atoms. The molecule has 2 rings (SSSR count). The predicted molar refractivity (Wildman–Crippen MR) is 75.5 cm³/mol. The fourth-order valence-electron chi connectivity index (χ4n) is 2.13. The van der Waals surface area contributed by atoms with Crippen LogP contribution in [0.15, 0.2) is 30.9 Å². The van der Waals surface area contributed by atoms with Gasteiger partial charge in [-0.05, 0) is 18.2 Å². The number of carbonyl (C=O) groups is 2. The number of rotatable bonds is 3. The highest BCUT2D eigenvalue weighted by Gasteiger charge is 2.29. The number of nitrogens with one attached hydrogen (secondary N) is 1. The highest BCUT2D eigenvalue weighted by Crippen LogP contribution is 2.29. The molecule has 1 N–H and O–H groups in total. The first-order chi connectivity index (χ1) is 9.06. The normalized spacial score (nSPS) is 18.5. The second-order valence-corrected chi connectivity index (χ2v) is 4.85. The molecule has 1 saturated heterocycles. The lowest BCUT2D eigenvalue weighted by Crippen LogP contribution is -2.24. The first kappa shape index (κ1) is 13.6. The summed E-state index contributed by atoms with van der Waals surface area (Å²) >= 11 is 6.08. The van der Waals surface area contributed by atoms with E-state index in [0.717, 1.165) is 0 Å². The molecule has 0 aliphatic carbocycles. The molecule has 1 aromatic rings. The number of benzene rings is 1. The SMILES string of the molecule is C=CC1CC(=O)N(c2ccc(C(=O)NC)c(Cl)c2)C1. The third-order valence-corrected chi connectivity index (χ3v) is 3.54. The molecule has 1 fully saturated rings. The molecule has 0 saturated carbocycles. The van der Waals surface area contributed by atoms with E-state index in [1.54, 1.807) is 36.2 Å². The van der Waals surface area contributed by atoms with E-state index < -0.39 is 0 Å². The minimum Gasteiger partial charge on any atom is -0.355 e. The van der Waals surface area contributed by atoms with Crippen LogP contribution >= 0.6 is 11.6 Å². The summed E-state index contributed by atoms with van der Waals surface area (Å²) in [5, 5.41) is 2.86. The van der Waals surface area contributed by atoms with Crippen molar-refractivity contribution in [2.45, 2.75) is 6.42 Å². The fourth-order valence-corrected chi connectivity index (χ4v) is 2.39. The van der Waals surface area contributed by atoms with Crippen LogP contribution in [0, 0.1) is 5.92 Å². The lowest BCUT2D eigenvalue weighted by Gasteiger charge is -2.17. The van der Waals surface area contributed by atoms with Crippen LogP contribution < -0.4 is 10.2 Å². The zero-order chi connectivity index (χ0) is 14.0. The summed E-state index contributed by atoms with van der Waals surface area (Å²) in [6, 6.07) is 5.01. The average Bonchev–Trinajstić information content (AvgIpc) is 2.79. The summed E-state index contributed by atoms with van der Waals surface area (Å²) in [6.07, 6.45) is 2.26. The largest absolute Gasteiger partial charge is 0.355 e. The predicted octanol–water partition coefficient (Wildman–Crippen LogP) is 2.24. The molecule has 100 valence electrons. The Morgan fingerprint density at radius 2 is 2.32 bits per heavy atom. The van der Waals surface area contributed by atoms with Crippen LogP contribution in [0.3, 0.4) is 0 Å². The Labute approximate surface area is 117 Å². The van der Waals surface area contributed by atoms with E-state index in [0.29, 0.717) is 29.2 Å². The molecule has 1 heterocycles. The van der Waals surface area contributed by atoms with E-state index in [1.807, 2.05) is 0 Å². The van der Waals surface area contributed by atoms with Gasteiger partial charge in [0.2, 0.25) is 5.91 Å². The van der Waals surface area contributed by atoms with Crippen molar-refractivity contribution in [1.82, 2.24) is 5.32 Å². The number of halogens is 1. The van der Waals surface area contributed by atoms with E-state index in [4.69, 9.17) is 11.6 Å². The van der Waals surface area contributed by atoms with Gasteiger partial charge in [0.05, 0.1) is 10.6 Å². The maximum absolute atomic E-state index is 11.9. The molecule has 0 bridgehead atoms. The second-order valence-electron chi connectivity index (χ2n) is 4.45. The van der Waals surface area contributed by atoms with Crippen molar-refractivity contribution in [2.75, 3.05) is 18.5 Å². The first-order valence-corrected chi connectivity index (χ1v) is 6.39. The number of nitrogens with zero attached hydrogens (tertiary/aromatic N) is 1. The molecule has 1 unspecified atom stereocenters. The summed E-state index contributed by atoms with van der Waals surface area (Å²) in [4.78, 5) is 25.1. The molecule has 1 aliphatic rings. The topological polar surface area (TPSA) is 49.4 Å². The highest BCUT2D eigenvalue weighted by atomic mass is 35.5. The van der Waals surface area contributed by atoms with Crippen molar-refractivity contribution in [3.63, 3.8) is 0 Å². The van der Waals surface area contributed by atoms with Gasteiger partial charge < -0.3 is 10.2 Å². The molecular weight excluding hydrogens is 264 g/mol. The third-order valence-electron chi connectivity index (χ3n) is 3.22. The number of amides is 2. The summed E-state index contributed by atoms with van der Waals surface area (Å²) in [5.41, 5.74) is 1.12. The Morgan fingerprint density at radius 3 is 2.84 bits per heavy atom. The van der Waals surface area contributed by atoms with Crippen molar-refractivity contribution in [3.05, 3.63) is 41.4 Å². The molecule has 5 heteroatoms. The summed E-state index contributed by atoms with van der Waals surface area (Å²) in [5.74, 6) is -0.0215. The maximum atomic E-state index is 11.9. The molecule has 0 aromatic heterocycles. The van der Waals surface area contributed by atoms with Gasteiger partial charge in [-0.25, -0.2) is 0 Å². The molecule has 1 aliphatic heterocycles. The average molecular weight is 279 g/mol. The second kappa shape index (κ2) is 5.45. The van der Waals surface area contributed by atoms with Crippen molar-refractivity contribution in [1.29, 1.82) is 0 Å². The number of hydrogen-bond acceptors (Lipinski definition) is 2. The zero-order valence-electron chi connectivity index (χ0n) is 10.6. The van der Waals surface area contributed by atoms with Gasteiger partial charge >= 0.3 is 0 Å². The lowest BCUT2D eigenvalue weighted by atomic mass is 10.1. The molecule has 19 heavy (non-hydrogen) atoms. The third kappa shape index (κ3) is 2.63. The Morgan fingerprint density at radius 1 is 1.58 bits per heavy atom. The van der Waals surface area contributed by atoms with Crippen molar-refractivity contribution >= 4 is 29.1 Å². The molecular formula is C14H15ClN2O2. The van der Waals surface area contributed by atoms with E-state index in [2.05, 4.69) is 11.9 Å². The smallest absolute Gasteiger partial charge is 0.252 e. The Hall–Kier alpha value is -1.81. The van der Waals surface area contributed by atoms with Crippen molar-refractivity contribution in [3.8, 4) is 0 Å². The van der Waals surface area contributed by atoms with Crippen LogP contribution in [0.1, 0.15) is 16.8 Å². The Kier molecular flexibility index (Phi) is 3.90. The van der Waals surface area contributed by atoms with E-state index in [9.17, 15) is 9.59 Å². The number of anilines is 1. The monoisotopic (exact) mass is 278 g/mol. The van der Waals surface area contributed by atoms with Crippen molar-refractivity contribution < 1.29 is 9.59 Å². The molecule has 4 nitrogen and oxygen atoms in total. The quantitative estimate of drug-likeness (QED) is 0.862. The van der Waals surface area contributed by atoms with E-state index >= 15 is 0 Å². The Balaban J connectivity index is 2.28. The van der Waals surface area contributed by atoms with Gasteiger partial charge in [0.15, 0.2) is 0 Å². The van der Waals surface area contributed by atoms with Gasteiger partial charge in [0, 0.05) is 31.6 Å². The fraction of sp³-hybridized carbons (Fsp3) is 0.286. The van der Waals surface area contributed by atoms with Crippen molar-refractivity contribution in [2.24, 2.45) is 5.92 Å². The summed E-state index contributed by atoms with van der Waals surface area (Å²) < 4.78 is 0. The first-order valence-electron chi connectivity index (χ1n) is 6.01. The molecule has 0 radical (unpaired) electrons. The minimum atomic E-state index is -0.242. The number of carbonyl (C=O) groups excluding carboxylic acids is 2. The lowest BCUT2D eigenvalue weighted by molar-refractivity contribution is -0.117.